The van der Waals surface area contributed by atoms with Gasteiger partial charge in [0.15, 0.2) is 0 Å². The van der Waals surface area contributed by atoms with Crippen molar-refractivity contribution >= 4 is 8.60 Å². The molecule has 0 rings (SSSR count). The maximum atomic E-state index is 8.18. The third-order valence-corrected chi connectivity index (χ3v) is 1.12. The molecular weight excluding hydrogens is 192 g/mol. The Morgan fingerprint density at radius 2 is 2.00 bits per heavy atom. The van der Waals surface area contributed by atoms with Crippen LogP contribution in [-0.4, -0.2) is 16.4 Å². The van der Waals surface area contributed by atoms with Crippen molar-refractivity contribution in [2.75, 3.05) is 6.61 Å². The van der Waals surface area contributed by atoms with Crippen LogP contribution in [0.25, 0.3) is 0 Å². The number of hydrogen-bond acceptors (Lipinski definition) is 3. The second-order valence-corrected chi connectivity index (χ2v) is 2.20. The molecule has 0 bridgehead atoms. The number of unbranched alkanes of at least 4 members (excludes halogenated alkanes) is 1. The molecule has 0 aliphatic carbocycles. The fourth-order valence-electron chi connectivity index (χ4n) is 0.291. The van der Waals surface area contributed by atoms with Crippen LogP contribution in [0, 0.1) is 0 Å². The van der Waals surface area contributed by atoms with E-state index in [4.69, 9.17) is 9.79 Å². The van der Waals surface area contributed by atoms with Gasteiger partial charge >= 0.3 is 8.60 Å². The molecule has 5 heteroatoms. The van der Waals surface area contributed by atoms with E-state index >= 15 is 0 Å². The summed E-state index contributed by atoms with van der Waals surface area (Å²) in [6.07, 6.45) is 1.91. The molecule has 0 aromatic carbocycles. The molecule has 52 valence electrons. The maximum Gasteiger partial charge on any atom is 0.327 e. The van der Waals surface area contributed by atoms with Gasteiger partial charge in [0.05, 0.1) is 6.61 Å². The molecule has 0 radical (unpaired) electrons. The predicted octanol–water partition coefficient (Wildman–Crippen LogP) is 1.01. The van der Waals surface area contributed by atoms with Gasteiger partial charge in [0, 0.05) is 19.5 Å². The quantitative estimate of drug-likeness (QED) is 0.407. The van der Waals surface area contributed by atoms with Crippen molar-refractivity contribution < 1.29 is 33.8 Å². The van der Waals surface area contributed by atoms with Crippen molar-refractivity contribution in [2.24, 2.45) is 0 Å². The molecule has 0 aromatic rings. The van der Waals surface area contributed by atoms with Crippen LogP contribution in [0.2, 0.25) is 0 Å². The molecule has 0 saturated carbocycles. The molecule has 3 nitrogen and oxygen atoms in total. The molecule has 0 fully saturated rings. The van der Waals surface area contributed by atoms with Crippen LogP contribution in [-0.2, 0) is 24.0 Å². The smallest absolute Gasteiger partial charge is 0.327 e. The van der Waals surface area contributed by atoms with E-state index in [-0.39, 0.29) is 19.5 Å². The summed E-state index contributed by atoms with van der Waals surface area (Å²) in [5.41, 5.74) is 0. The van der Waals surface area contributed by atoms with Crippen molar-refractivity contribution in [1.29, 1.82) is 0 Å². The third kappa shape index (κ3) is 12.2. The largest absolute Gasteiger partial charge is 0.328 e. The van der Waals surface area contributed by atoms with Crippen molar-refractivity contribution in [3.05, 3.63) is 0 Å². The molecule has 0 unspecified atom stereocenters. The number of rotatable bonds is 4. The predicted molar refractivity (Wildman–Crippen MR) is 32.2 cm³/mol. The first kappa shape index (κ1) is 12.6. The molecule has 0 atom stereocenters. The Kier molecular flexibility index (Phi) is 12.5. The van der Waals surface area contributed by atoms with E-state index in [9.17, 15) is 0 Å². The van der Waals surface area contributed by atoms with E-state index < -0.39 is 8.60 Å². The Morgan fingerprint density at radius 1 is 1.44 bits per heavy atom. The molecular formula is C4H11O3PZn. The van der Waals surface area contributed by atoms with Crippen molar-refractivity contribution in [2.45, 2.75) is 19.8 Å². The minimum atomic E-state index is -2.11. The van der Waals surface area contributed by atoms with Gasteiger partial charge in [-0.2, -0.15) is 0 Å². The van der Waals surface area contributed by atoms with Crippen molar-refractivity contribution in [1.82, 2.24) is 0 Å². The Morgan fingerprint density at radius 3 is 2.33 bits per heavy atom. The van der Waals surface area contributed by atoms with E-state index in [2.05, 4.69) is 4.52 Å². The maximum absolute atomic E-state index is 8.18. The monoisotopic (exact) mass is 202 g/mol. The summed E-state index contributed by atoms with van der Waals surface area (Å²) in [6, 6.07) is 0. The van der Waals surface area contributed by atoms with Crippen molar-refractivity contribution in [3.63, 3.8) is 0 Å². The van der Waals surface area contributed by atoms with Crippen molar-refractivity contribution in [3.8, 4) is 0 Å². The third-order valence-electron chi connectivity index (χ3n) is 0.705. The second-order valence-electron chi connectivity index (χ2n) is 1.44. The molecule has 0 spiro atoms. The van der Waals surface area contributed by atoms with E-state index in [1.54, 1.807) is 0 Å². The first-order chi connectivity index (χ1) is 3.77. The zero-order chi connectivity index (χ0) is 6.41. The molecule has 0 saturated heterocycles. The zero-order valence-corrected chi connectivity index (χ0v) is 9.44. The van der Waals surface area contributed by atoms with Crippen LogP contribution < -0.4 is 0 Å². The normalized spacial score (nSPS) is 9.33. The Bertz CT molecular complexity index is 53.1. The first-order valence-electron chi connectivity index (χ1n) is 2.58. The second kappa shape index (κ2) is 8.93. The minimum absolute atomic E-state index is 0. The van der Waals surface area contributed by atoms with Crippen LogP contribution in [0.3, 0.4) is 0 Å². The van der Waals surface area contributed by atoms with Gasteiger partial charge in [0.1, 0.15) is 0 Å². The topological polar surface area (TPSA) is 49.7 Å². The van der Waals surface area contributed by atoms with Gasteiger partial charge in [-0.3, -0.25) is 0 Å². The summed E-state index contributed by atoms with van der Waals surface area (Å²) in [5.74, 6) is 0. The van der Waals surface area contributed by atoms with Crippen LogP contribution in [0.15, 0.2) is 0 Å². The molecule has 0 aromatic heterocycles. The van der Waals surface area contributed by atoms with Crippen LogP contribution in [0.1, 0.15) is 19.8 Å². The average Bonchev–Trinajstić information content (AvgIpc) is 1.66. The standard InChI is InChI=1S/C4H11O3P.Zn/c1-2-3-4-7-8(5)6;/h5-6H,2-4H2,1H3;. The molecule has 0 aliphatic rings. The first-order valence-corrected chi connectivity index (χ1v) is 3.74. The summed E-state index contributed by atoms with van der Waals surface area (Å²) in [7, 11) is -2.11. The zero-order valence-electron chi connectivity index (χ0n) is 5.58. The Labute approximate surface area is 69.2 Å². The van der Waals surface area contributed by atoms with Gasteiger partial charge in [0.25, 0.3) is 0 Å². The molecule has 0 heterocycles. The Balaban J connectivity index is 0. The summed E-state index contributed by atoms with van der Waals surface area (Å²) in [5, 5.41) is 0. The van der Waals surface area contributed by atoms with Gasteiger partial charge in [-0.15, -0.1) is 0 Å². The van der Waals surface area contributed by atoms with Gasteiger partial charge in [0.2, 0.25) is 0 Å². The van der Waals surface area contributed by atoms with Crippen LogP contribution >= 0.6 is 8.60 Å². The van der Waals surface area contributed by atoms with E-state index in [0.717, 1.165) is 12.8 Å². The summed E-state index contributed by atoms with van der Waals surface area (Å²) in [4.78, 5) is 16.4. The minimum Gasteiger partial charge on any atom is -0.328 e. The fourth-order valence-corrected chi connectivity index (χ4v) is 0.583. The fraction of sp³-hybridized carbons (Fsp3) is 1.00. The van der Waals surface area contributed by atoms with E-state index in [1.165, 1.54) is 0 Å². The summed E-state index contributed by atoms with van der Waals surface area (Å²) in [6.45, 7) is 2.47. The van der Waals surface area contributed by atoms with Gasteiger partial charge < -0.3 is 14.3 Å². The summed E-state index contributed by atoms with van der Waals surface area (Å²) < 4.78 is 4.46. The number of hydrogen-bond donors (Lipinski definition) is 2. The molecule has 9 heavy (non-hydrogen) atoms. The van der Waals surface area contributed by atoms with E-state index in [0.29, 0.717) is 6.61 Å². The molecule has 0 aliphatic heterocycles. The van der Waals surface area contributed by atoms with Gasteiger partial charge in [-0.25, -0.2) is 0 Å². The Hall–Kier alpha value is 0.933. The van der Waals surface area contributed by atoms with E-state index in [1.807, 2.05) is 6.92 Å². The summed E-state index contributed by atoms with van der Waals surface area (Å²) >= 11 is 0. The van der Waals surface area contributed by atoms with Gasteiger partial charge in [-0.05, 0) is 6.42 Å². The molecule has 2 N–H and O–H groups in total. The van der Waals surface area contributed by atoms with Crippen LogP contribution in [0.5, 0.6) is 0 Å². The average molecular weight is 203 g/mol. The SMILES string of the molecule is CCCCOP(O)O.[Zn]. The molecule has 0 amide bonds. The van der Waals surface area contributed by atoms with Gasteiger partial charge in [-0.1, -0.05) is 13.3 Å². The van der Waals surface area contributed by atoms with Crippen LogP contribution in [0.4, 0.5) is 0 Å².